The molecule has 0 aliphatic heterocycles. The molecule has 3 rings (SSSR count). The van der Waals surface area contributed by atoms with Gasteiger partial charge in [-0.1, -0.05) is 56.7 Å². The molecule has 30 heavy (non-hydrogen) atoms. The van der Waals surface area contributed by atoms with Gasteiger partial charge in [-0.2, -0.15) is 0 Å². The fourth-order valence-electron chi connectivity index (χ4n) is 3.25. The van der Waals surface area contributed by atoms with Crippen molar-refractivity contribution in [1.29, 1.82) is 0 Å². The second-order valence-corrected chi connectivity index (χ2v) is 7.76. The number of benzene rings is 2. The molecule has 6 nitrogen and oxygen atoms in total. The van der Waals surface area contributed by atoms with E-state index in [0.717, 1.165) is 24.8 Å². The zero-order valence-electron chi connectivity index (χ0n) is 17.4. The van der Waals surface area contributed by atoms with Crippen molar-refractivity contribution >= 4 is 23.5 Å². The molecule has 2 N–H and O–H groups in total. The van der Waals surface area contributed by atoms with Crippen molar-refractivity contribution in [1.82, 2.24) is 5.32 Å². The fraction of sp³-hybridized carbons (Fsp3) is 0.375. The van der Waals surface area contributed by atoms with E-state index in [4.69, 9.17) is 4.74 Å². The minimum atomic E-state index is -0.445. The molecule has 1 aliphatic carbocycles. The summed E-state index contributed by atoms with van der Waals surface area (Å²) < 4.78 is 5.32. The Morgan fingerprint density at radius 2 is 1.80 bits per heavy atom. The summed E-state index contributed by atoms with van der Waals surface area (Å²) >= 11 is 0. The second kappa shape index (κ2) is 10.1. The molecule has 0 heterocycles. The van der Waals surface area contributed by atoms with E-state index in [1.165, 1.54) is 0 Å². The quantitative estimate of drug-likeness (QED) is 0.617. The molecule has 2 unspecified atom stereocenters. The molecule has 0 bridgehead atoms. The molecular formula is C24H28N2O4. The number of anilines is 1. The van der Waals surface area contributed by atoms with E-state index >= 15 is 0 Å². The van der Waals surface area contributed by atoms with Crippen LogP contribution in [0.25, 0.3) is 0 Å². The number of carbonyl (C=O) groups excluding carboxylic acids is 3. The van der Waals surface area contributed by atoms with E-state index in [0.29, 0.717) is 11.3 Å². The second-order valence-electron chi connectivity index (χ2n) is 7.76. The van der Waals surface area contributed by atoms with Gasteiger partial charge in [-0.3, -0.25) is 14.4 Å². The summed E-state index contributed by atoms with van der Waals surface area (Å²) in [6.45, 7) is 3.64. The predicted octanol–water partition coefficient (Wildman–Crippen LogP) is 3.89. The number of carbonyl (C=O) groups is 3. The average Bonchev–Trinajstić information content (AvgIpc) is 3.57. The third kappa shape index (κ3) is 5.92. The van der Waals surface area contributed by atoms with E-state index in [2.05, 4.69) is 10.6 Å². The third-order valence-electron chi connectivity index (χ3n) is 5.29. The largest absolute Gasteiger partial charge is 0.455 e. The van der Waals surface area contributed by atoms with Gasteiger partial charge >= 0.3 is 5.97 Å². The van der Waals surface area contributed by atoms with Gasteiger partial charge in [0, 0.05) is 17.3 Å². The Morgan fingerprint density at radius 1 is 1.07 bits per heavy atom. The molecule has 1 saturated carbocycles. The molecule has 6 heteroatoms. The van der Waals surface area contributed by atoms with Gasteiger partial charge in [0.1, 0.15) is 0 Å². The van der Waals surface area contributed by atoms with E-state index in [1.54, 1.807) is 24.3 Å². The van der Waals surface area contributed by atoms with Gasteiger partial charge in [0.15, 0.2) is 6.61 Å². The van der Waals surface area contributed by atoms with Crippen LogP contribution in [-0.2, 0) is 14.3 Å². The van der Waals surface area contributed by atoms with Gasteiger partial charge in [0.25, 0.3) is 11.8 Å². The zero-order chi connectivity index (χ0) is 21.5. The van der Waals surface area contributed by atoms with Crippen LogP contribution in [0, 0.1) is 5.92 Å². The van der Waals surface area contributed by atoms with Crippen molar-refractivity contribution in [3.63, 3.8) is 0 Å². The topological polar surface area (TPSA) is 84.5 Å². The lowest BCUT2D eigenvalue weighted by molar-refractivity contribution is -0.150. The van der Waals surface area contributed by atoms with Gasteiger partial charge in [0.2, 0.25) is 0 Å². The smallest absolute Gasteiger partial charge is 0.314 e. The van der Waals surface area contributed by atoms with Crippen molar-refractivity contribution in [2.45, 2.75) is 45.1 Å². The number of ether oxygens (including phenoxy) is 1. The maximum absolute atomic E-state index is 12.7. The first kappa shape index (κ1) is 21.6. The third-order valence-corrected chi connectivity index (χ3v) is 5.29. The highest BCUT2D eigenvalue weighted by atomic mass is 16.5. The molecule has 2 amide bonds. The Kier molecular flexibility index (Phi) is 7.22. The molecular weight excluding hydrogens is 380 g/mol. The molecule has 0 radical (unpaired) electrons. The summed E-state index contributed by atoms with van der Waals surface area (Å²) in [7, 11) is 0. The van der Waals surface area contributed by atoms with Crippen molar-refractivity contribution < 1.29 is 19.1 Å². The lowest BCUT2D eigenvalue weighted by atomic mass is 9.86. The summed E-state index contributed by atoms with van der Waals surface area (Å²) in [4.78, 5) is 37.2. The summed E-state index contributed by atoms with van der Waals surface area (Å²) in [5.41, 5.74) is 1.85. The van der Waals surface area contributed by atoms with Gasteiger partial charge in [-0.05, 0) is 42.5 Å². The lowest BCUT2D eigenvalue weighted by Crippen LogP contribution is -2.27. The molecule has 158 valence electrons. The maximum Gasteiger partial charge on any atom is 0.314 e. The molecule has 1 fully saturated rings. The Labute approximate surface area is 177 Å². The monoisotopic (exact) mass is 408 g/mol. The Bertz CT molecular complexity index is 893. The first-order valence-electron chi connectivity index (χ1n) is 10.4. The normalized spacial score (nSPS) is 15.0. The number of nitrogens with one attached hydrogen (secondary N) is 2. The van der Waals surface area contributed by atoms with Crippen molar-refractivity contribution in [3.8, 4) is 0 Å². The Balaban J connectivity index is 1.56. The van der Waals surface area contributed by atoms with Crippen molar-refractivity contribution in [2.75, 3.05) is 11.9 Å². The summed E-state index contributed by atoms with van der Waals surface area (Å²) in [6, 6.07) is 16.4. The average molecular weight is 408 g/mol. The highest BCUT2D eigenvalue weighted by Crippen LogP contribution is 2.28. The maximum atomic E-state index is 12.7. The molecule has 0 saturated heterocycles. The first-order valence-corrected chi connectivity index (χ1v) is 10.4. The fourth-order valence-corrected chi connectivity index (χ4v) is 3.25. The minimum Gasteiger partial charge on any atom is -0.455 e. The Hall–Kier alpha value is -3.15. The first-order chi connectivity index (χ1) is 14.5. The van der Waals surface area contributed by atoms with E-state index in [-0.39, 0.29) is 24.5 Å². The molecule has 1 aliphatic rings. The van der Waals surface area contributed by atoms with Gasteiger partial charge < -0.3 is 15.4 Å². The summed E-state index contributed by atoms with van der Waals surface area (Å²) in [5.74, 6) is -1.34. The summed E-state index contributed by atoms with van der Waals surface area (Å²) in [6.07, 6.45) is 2.83. The van der Waals surface area contributed by atoms with Crippen molar-refractivity contribution in [2.24, 2.45) is 5.92 Å². The highest BCUT2D eigenvalue weighted by Gasteiger charge is 2.28. The number of amides is 2. The summed E-state index contributed by atoms with van der Waals surface area (Å²) in [5, 5.41) is 5.60. The van der Waals surface area contributed by atoms with Gasteiger partial charge in [0.05, 0.1) is 5.92 Å². The van der Waals surface area contributed by atoms with E-state index in [9.17, 15) is 14.4 Å². The Morgan fingerprint density at radius 3 is 2.47 bits per heavy atom. The van der Waals surface area contributed by atoms with Crippen LogP contribution < -0.4 is 10.6 Å². The van der Waals surface area contributed by atoms with Crippen LogP contribution in [-0.4, -0.2) is 30.4 Å². The molecule has 0 spiro atoms. The molecule has 2 aromatic rings. The molecule has 0 aromatic heterocycles. The van der Waals surface area contributed by atoms with Crippen LogP contribution in [0.1, 0.15) is 54.9 Å². The SMILES string of the molecule is CCC(C)C(C(=O)OCC(=O)Nc1cccc(C(=O)NC2CC2)c1)c1ccccc1. The standard InChI is InChI=1S/C24H28N2O4/c1-3-16(2)22(17-8-5-4-6-9-17)24(29)30-15-21(27)25-20-11-7-10-18(14-20)23(28)26-19-12-13-19/h4-11,14,16,19,22H,3,12-13,15H2,1-2H3,(H,25,27)(H,26,28). The number of hydrogen-bond acceptors (Lipinski definition) is 4. The van der Waals surface area contributed by atoms with Crippen LogP contribution in [0.4, 0.5) is 5.69 Å². The van der Waals surface area contributed by atoms with Crippen LogP contribution in [0.5, 0.6) is 0 Å². The van der Waals surface area contributed by atoms with Gasteiger partial charge in [-0.25, -0.2) is 0 Å². The number of rotatable bonds is 9. The number of esters is 1. The lowest BCUT2D eigenvalue weighted by Gasteiger charge is -2.21. The highest BCUT2D eigenvalue weighted by molar-refractivity contribution is 5.98. The zero-order valence-corrected chi connectivity index (χ0v) is 17.4. The van der Waals surface area contributed by atoms with Crippen LogP contribution in [0.2, 0.25) is 0 Å². The minimum absolute atomic E-state index is 0.0876. The predicted molar refractivity (Wildman–Crippen MR) is 115 cm³/mol. The molecule has 2 atom stereocenters. The number of hydrogen-bond donors (Lipinski definition) is 2. The van der Waals surface area contributed by atoms with Crippen molar-refractivity contribution in [3.05, 3.63) is 65.7 Å². The van der Waals surface area contributed by atoms with E-state index in [1.807, 2.05) is 44.2 Å². The van der Waals surface area contributed by atoms with Crippen LogP contribution in [0.15, 0.2) is 54.6 Å². The van der Waals surface area contributed by atoms with Crippen LogP contribution >= 0.6 is 0 Å². The molecule has 2 aromatic carbocycles. The van der Waals surface area contributed by atoms with Gasteiger partial charge in [-0.15, -0.1) is 0 Å². The van der Waals surface area contributed by atoms with Crippen LogP contribution in [0.3, 0.4) is 0 Å². The van der Waals surface area contributed by atoms with E-state index < -0.39 is 17.8 Å².